The van der Waals surface area contributed by atoms with Gasteiger partial charge in [-0.1, -0.05) is 0 Å². The van der Waals surface area contributed by atoms with E-state index in [1.807, 2.05) is 6.07 Å². The van der Waals surface area contributed by atoms with Gasteiger partial charge in [0.2, 0.25) is 5.91 Å². The predicted molar refractivity (Wildman–Crippen MR) is 89.9 cm³/mol. The van der Waals surface area contributed by atoms with Gasteiger partial charge in [-0.05, 0) is 57.7 Å². The van der Waals surface area contributed by atoms with E-state index < -0.39 is 17.4 Å². The molecule has 1 fully saturated rings. The Labute approximate surface area is 140 Å². The lowest BCUT2D eigenvalue weighted by atomic mass is 10.0. The number of nitrogens with two attached hydrogens (primary N) is 1. The molecule has 0 aliphatic heterocycles. The van der Waals surface area contributed by atoms with Crippen LogP contribution in [0.5, 0.6) is 5.75 Å². The number of fused-ring (bicyclic) bond motifs is 1. The predicted octanol–water partition coefficient (Wildman–Crippen LogP) is 2.52. The van der Waals surface area contributed by atoms with Crippen molar-refractivity contribution in [1.82, 2.24) is 5.32 Å². The van der Waals surface area contributed by atoms with Crippen molar-refractivity contribution in [3.8, 4) is 5.75 Å². The zero-order valence-electron chi connectivity index (χ0n) is 14.1. The Hall–Kier alpha value is -2.50. The van der Waals surface area contributed by atoms with Crippen LogP contribution < -0.4 is 15.8 Å². The fourth-order valence-corrected chi connectivity index (χ4v) is 2.48. The van der Waals surface area contributed by atoms with E-state index in [9.17, 15) is 9.59 Å². The minimum absolute atomic E-state index is 0.394. The van der Waals surface area contributed by atoms with Gasteiger partial charge in [-0.3, -0.25) is 9.59 Å². The molecule has 0 radical (unpaired) electrons. The van der Waals surface area contributed by atoms with Crippen LogP contribution in [-0.4, -0.2) is 24.0 Å². The maximum atomic E-state index is 12.6. The van der Waals surface area contributed by atoms with Crippen molar-refractivity contribution in [2.24, 2.45) is 11.7 Å². The van der Waals surface area contributed by atoms with Crippen LogP contribution in [-0.2, 0) is 4.79 Å². The molecule has 0 spiro atoms. The molecule has 2 amide bonds. The molecule has 3 rings (SSSR count). The normalized spacial score (nSPS) is 14.6. The first-order valence-electron chi connectivity index (χ1n) is 8.06. The fourth-order valence-electron chi connectivity index (χ4n) is 2.48. The topological polar surface area (TPSA) is 94.6 Å². The third-order valence-corrected chi connectivity index (χ3v) is 4.29. The SMILES string of the molecule is Cc1oc2ccc(OCC3CC3)cc2c1C(=O)NC(C)(C)C(N)=O. The zero-order chi connectivity index (χ0) is 17.5. The second-order valence-corrected chi connectivity index (χ2v) is 6.89. The van der Waals surface area contributed by atoms with Crippen molar-refractivity contribution in [2.75, 3.05) is 6.61 Å². The second kappa shape index (κ2) is 5.85. The largest absolute Gasteiger partial charge is 0.493 e. The van der Waals surface area contributed by atoms with Crippen molar-refractivity contribution in [2.45, 2.75) is 39.2 Å². The van der Waals surface area contributed by atoms with Gasteiger partial charge in [-0.15, -0.1) is 0 Å². The summed E-state index contributed by atoms with van der Waals surface area (Å²) in [6.45, 7) is 5.54. The number of aryl methyl sites for hydroxylation is 1. The molecule has 0 atom stereocenters. The standard InChI is InChI=1S/C18H22N2O4/c1-10-15(16(21)20-18(2,3)17(19)22)13-8-12(6-7-14(13)24-10)23-9-11-4-5-11/h6-8,11H,4-5,9H2,1-3H3,(H2,19,22)(H,20,21). The van der Waals surface area contributed by atoms with E-state index in [0.717, 1.165) is 0 Å². The molecule has 1 aromatic carbocycles. The Kier molecular flexibility index (Phi) is 3.99. The van der Waals surface area contributed by atoms with Crippen LogP contribution in [0.25, 0.3) is 11.0 Å². The Balaban J connectivity index is 1.90. The zero-order valence-corrected chi connectivity index (χ0v) is 14.1. The monoisotopic (exact) mass is 330 g/mol. The highest BCUT2D eigenvalue weighted by Gasteiger charge is 2.30. The molecule has 2 aromatic rings. The van der Waals surface area contributed by atoms with E-state index in [4.69, 9.17) is 14.9 Å². The molecule has 1 aliphatic carbocycles. The number of hydrogen-bond acceptors (Lipinski definition) is 4. The third-order valence-electron chi connectivity index (χ3n) is 4.29. The van der Waals surface area contributed by atoms with Crippen LogP contribution in [0.3, 0.4) is 0 Å². The summed E-state index contributed by atoms with van der Waals surface area (Å²) >= 11 is 0. The van der Waals surface area contributed by atoms with Gasteiger partial charge < -0.3 is 20.2 Å². The van der Waals surface area contributed by atoms with Crippen LogP contribution >= 0.6 is 0 Å². The number of furan rings is 1. The van der Waals surface area contributed by atoms with Gasteiger partial charge in [-0.2, -0.15) is 0 Å². The van der Waals surface area contributed by atoms with Crippen LogP contribution in [0.15, 0.2) is 22.6 Å². The van der Waals surface area contributed by atoms with E-state index in [1.165, 1.54) is 12.8 Å². The second-order valence-electron chi connectivity index (χ2n) is 6.89. The van der Waals surface area contributed by atoms with Crippen molar-refractivity contribution in [3.05, 3.63) is 29.5 Å². The first-order valence-corrected chi connectivity index (χ1v) is 8.06. The Morgan fingerprint density at radius 3 is 2.71 bits per heavy atom. The third kappa shape index (κ3) is 3.22. The van der Waals surface area contributed by atoms with Crippen LogP contribution in [0, 0.1) is 12.8 Å². The number of nitrogens with one attached hydrogen (secondary N) is 1. The van der Waals surface area contributed by atoms with Gasteiger partial charge in [0.05, 0.1) is 12.2 Å². The fraction of sp³-hybridized carbons (Fsp3) is 0.444. The maximum Gasteiger partial charge on any atom is 0.256 e. The number of hydrogen-bond donors (Lipinski definition) is 2. The quantitative estimate of drug-likeness (QED) is 0.851. The summed E-state index contributed by atoms with van der Waals surface area (Å²) in [5, 5.41) is 3.32. The number of carbonyl (C=O) groups excluding carboxylic acids is 2. The summed E-state index contributed by atoms with van der Waals surface area (Å²) in [6, 6.07) is 5.43. The molecule has 24 heavy (non-hydrogen) atoms. The van der Waals surface area contributed by atoms with E-state index in [1.54, 1.807) is 32.9 Å². The first kappa shape index (κ1) is 16.4. The Morgan fingerprint density at radius 1 is 1.38 bits per heavy atom. The average Bonchev–Trinajstić information content (AvgIpc) is 3.25. The highest BCUT2D eigenvalue weighted by atomic mass is 16.5. The Bertz CT molecular complexity index is 803. The molecule has 1 heterocycles. The molecule has 0 saturated heterocycles. The van der Waals surface area contributed by atoms with E-state index in [2.05, 4.69) is 5.32 Å². The van der Waals surface area contributed by atoms with Crippen LogP contribution in [0.2, 0.25) is 0 Å². The number of primary amides is 1. The number of carbonyl (C=O) groups is 2. The van der Waals surface area contributed by atoms with E-state index in [-0.39, 0.29) is 0 Å². The van der Waals surface area contributed by atoms with Crippen LogP contribution in [0.1, 0.15) is 42.8 Å². The molecule has 128 valence electrons. The minimum atomic E-state index is -1.15. The lowest BCUT2D eigenvalue weighted by Crippen LogP contribution is -2.53. The van der Waals surface area contributed by atoms with E-state index >= 15 is 0 Å². The minimum Gasteiger partial charge on any atom is -0.493 e. The lowest BCUT2D eigenvalue weighted by molar-refractivity contribution is -0.122. The summed E-state index contributed by atoms with van der Waals surface area (Å²) in [4.78, 5) is 24.1. The number of amides is 2. The molecule has 0 bridgehead atoms. The molecule has 1 saturated carbocycles. The molecule has 0 unspecified atom stereocenters. The molecule has 1 aliphatic rings. The van der Waals surface area contributed by atoms with Crippen molar-refractivity contribution < 1.29 is 18.7 Å². The average molecular weight is 330 g/mol. The summed E-state index contributed by atoms with van der Waals surface area (Å²) in [5.74, 6) is 0.843. The number of ether oxygens (including phenoxy) is 1. The lowest BCUT2D eigenvalue weighted by Gasteiger charge is -2.22. The molecular weight excluding hydrogens is 308 g/mol. The van der Waals surface area contributed by atoms with E-state index in [0.29, 0.717) is 40.6 Å². The summed E-state index contributed by atoms with van der Waals surface area (Å²) < 4.78 is 11.4. The summed E-state index contributed by atoms with van der Waals surface area (Å²) in [5.41, 5.74) is 5.18. The Morgan fingerprint density at radius 2 is 2.08 bits per heavy atom. The highest BCUT2D eigenvalue weighted by Crippen LogP contribution is 2.32. The smallest absolute Gasteiger partial charge is 0.256 e. The summed E-state index contributed by atoms with van der Waals surface area (Å²) in [6.07, 6.45) is 2.42. The van der Waals surface area contributed by atoms with Gasteiger partial charge in [0.1, 0.15) is 22.6 Å². The molecule has 6 nitrogen and oxygen atoms in total. The van der Waals surface area contributed by atoms with Gasteiger partial charge in [0.25, 0.3) is 5.91 Å². The van der Waals surface area contributed by atoms with Crippen molar-refractivity contribution >= 4 is 22.8 Å². The van der Waals surface area contributed by atoms with Gasteiger partial charge in [-0.25, -0.2) is 0 Å². The van der Waals surface area contributed by atoms with Crippen molar-refractivity contribution in [3.63, 3.8) is 0 Å². The van der Waals surface area contributed by atoms with Crippen molar-refractivity contribution in [1.29, 1.82) is 0 Å². The summed E-state index contributed by atoms with van der Waals surface area (Å²) in [7, 11) is 0. The molecule has 1 aromatic heterocycles. The molecule has 3 N–H and O–H groups in total. The maximum absolute atomic E-state index is 12.6. The van der Waals surface area contributed by atoms with Gasteiger partial charge in [0, 0.05) is 5.39 Å². The first-order chi connectivity index (χ1) is 11.3. The van der Waals surface area contributed by atoms with Gasteiger partial charge >= 0.3 is 0 Å². The molecular formula is C18H22N2O4. The molecule has 6 heteroatoms. The number of benzene rings is 1. The highest BCUT2D eigenvalue weighted by molar-refractivity contribution is 6.09. The van der Waals surface area contributed by atoms with Crippen LogP contribution in [0.4, 0.5) is 0 Å². The number of rotatable bonds is 6. The van der Waals surface area contributed by atoms with Gasteiger partial charge in [0.15, 0.2) is 0 Å².